The van der Waals surface area contributed by atoms with Gasteiger partial charge in [0.1, 0.15) is 5.75 Å². The Morgan fingerprint density at radius 1 is 0.939 bits per heavy atom. The summed E-state index contributed by atoms with van der Waals surface area (Å²) >= 11 is 12.1. The summed E-state index contributed by atoms with van der Waals surface area (Å²) in [6.07, 6.45) is 1.12. The van der Waals surface area contributed by atoms with Crippen molar-refractivity contribution in [3.8, 4) is 5.75 Å². The minimum Gasteiger partial charge on any atom is -0.494 e. The molecule has 0 saturated heterocycles. The van der Waals surface area contributed by atoms with E-state index in [0.29, 0.717) is 40.0 Å². The van der Waals surface area contributed by atoms with Crippen molar-refractivity contribution in [1.82, 2.24) is 5.32 Å². The van der Waals surface area contributed by atoms with Crippen LogP contribution in [0.25, 0.3) is 0 Å². The summed E-state index contributed by atoms with van der Waals surface area (Å²) in [6.45, 7) is 2.97. The molecule has 3 rings (SSSR count). The second kappa shape index (κ2) is 10.9. The number of hydrogen-bond donors (Lipinski definition) is 1. The molecule has 3 aromatic carbocycles. The lowest BCUT2D eigenvalue weighted by Crippen LogP contribution is -2.29. The Morgan fingerprint density at radius 3 is 2.06 bits per heavy atom. The lowest BCUT2D eigenvalue weighted by atomic mass is 10.1. The van der Waals surface area contributed by atoms with E-state index in [4.69, 9.17) is 27.9 Å². The average Bonchev–Trinajstić information content (AvgIpc) is 2.76. The molecule has 0 radical (unpaired) electrons. The predicted octanol–water partition coefficient (Wildman–Crippen LogP) is 5.29. The number of rotatable bonds is 9. The zero-order valence-electron chi connectivity index (χ0n) is 18.2. The van der Waals surface area contributed by atoms with E-state index in [1.54, 1.807) is 24.3 Å². The molecule has 0 aliphatic carbocycles. The topological polar surface area (TPSA) is 75.7 Å². The molecule has 0 bridgehead atoms. The first-order valence-electron chi connectivity index (χ1n) is 10.2. The highest BCUT2D eigenvalue weighted by Gasteiger charge is 2.19. The van der Waals surface area contributed by atoms with Gasteiger partial charge in [-0.1, -0.05) is 47.5 Å². The Morgan fingerprint density at radius 2 is 1.52 bits per heavy atom. The van der Waals surface area contributed by atoms with Gasteiger partial charge in [0.2, 0.25) is 10.0 Å². The van der Waals surface area contributed by atoms with Crippen LogP contribution in [0.1, 0.15) is 28.4 Å². The van der Waals surface area contributed by atoms with Crippen LogP contribution in [0.15, 0.2) is 66.7 Å². The van der Waals surface area contributed by atoms with Crippen molar-refractivity contribution < 1.29 is 17.9 Å². The second-order valence-corrected chi connectivity index (χ2v) is 10.1. The zero-order chi connectivity index (χ0) is 24.0. The van der Waals surface area contributed by atoms with Gasteiger partial charge in [0, 0.05) is 22.2 Å². The largest absolute Gasteiger partial charge is 0.494 e. The molecule has 0 spiro atoms. The van der Waals surface area contributed by atoms with Crippen LogP contribution in [0.3, 0.4) is 0 Å². The first kappa shape index (κ1) is 24.9. The van der Waals surface area contributed by atoms with E-state index in [2.05, 4.69) is 5.32 Å². The molecular formula is C24H24Cl2N2O4S. The molecule has 6 nitrogen and oxygen atoms in total. The monoisotopic (exact) mass is 506 g/mol. The van der Waals surface area contributed by atoms with Crippen molar-refractivity contribution >= 4 is 44.8 Å². The van der Waals surface area contributed by atoms with Gasteiger partial charge in [0.25, 0.3) is 5.91 Å². The van der Waals surface area contributed by atoms with E-state index >= 15 is 0 Å². The summed E-state index contributed by atoms with van der Waals surface area (Å²) in [5, 5.41) is 3.55. The lowest BCUT2D eigenvalue weighted by molar-refractivity contribution is 0.0951. The van der Waals surface area contributed by atoms with Crippen LogP contribution in [0.4, 0.5) is 5.69 Å². The molecule has 0 heterocycles. The van der Waals surface area contributed by atoms with Crippen LogP contribution in [0.5, 0.6) is 5.75 Å². The number of benzene rings is 3. The van der Waals surface area contributed by atoms with Crippen LogP contribution in [-0.2, 0) is 23.1 Å². The van der Waals surface area contributed by atoms with E-state index < -0.39 is 10.0 Å². The Balaban J connectivity index is 1.67. The molecule has 0 fully saturated rings. The molecule has 0 aliphatic rings. The fraction of sp³-hybridized carbons (Fsp3) is 0.208. The Kier molecular flexibility index (Phi) is 8.24. The SMILES string of the molecule is CCOc1ccc(CNC(=O)c2ccc(CN(c3cc(Cl)cc(Cl)c3)S(C)(=O)=O)cc2)cc1. The maximum absolute atomic E-state index is 12.5. The fourth-order valence-corrected chi connectivity index (χ4v) is 4.55. The molecule has 1 N–H and O–H groups in total. The number of nitrogens with zero attached hydrogens (tertiary/aromatic N) is 1. The number of sulfonamides is 1. The lowest BCUT2D eigenvalue weighted by Gasteiger charge is -2.23. The first-order valence-corrected chi connectivity index (χ1v) is 12.8. The van der Waals surface area contributed by atoms with Crippen molar-refractivity contribution in [2.24, 2.45) is 0 Å². The highest BCUT2D eigenvalue weighted by Crippen LogP contribution is 2.28. The summed E-state index contributed by atoms with van der Waals surface area (Å²) in [4.78, 5) is 12.5. The molecule has 33 heavy (non-hydrogen) atoms. The van der Waals surface area contributed by atoms with Crippen LogP contribution >= 0.6 is 23.2 Å². The number of amides is 1. The molecule has 9 heteroatoms. The fourth-order valence-electron chi connectivity index (χ4n) is 3.17. The highest BCUT2D eigenvalue weighted by atomic mass is 35.5. The number of nitrogens with one attached hydrogen (secondary N) is 1. The molecule has 3 aromatic rings. The third-order valence-electron chi connectivity index (χ3n) is 4.77. The number of carbonyl (C=O) groups excluding carboxylic acids is 1. The minimum absolute atomic E-state index is 0.0730. The van der Waals surface area contributed by atoms with Crippen molar-refractivity contribution in [3.63, 3.8) is 0 Å². The summed E-state index contributed by atoms with van der Waals surface area (Å²) in [5.74, 6) is 0.559. The standard InChI is InChI=1S/C24H24Cl2N2O4S/c1-3-32-23-10-6-17(7-11-23)15-27-24(29)19-8-4-18(5-9-19)16-28(33(2,30)31)22-13-20(25)12-21(26)14-22/h4-14H,3,15-16H2,1-2H3,(H,27,29). The molecule has 0 atom stereocenters. The van der Waals surface area contributed by atoms with Crippen molar-refractivity contribution in [1.29, 1.82) is 0 Å². The van der Waals surface area contributed by atoms with Crippen molar-refractivity contribution in [3.05, 3.63) is 93.5 Å². The van der Waals surface area contributed by atoms with E-state index in [0.717, 1.165) is 17.6 Å². The van der Waals surface area contributed by atoms with Gasteiger partial charge in [-0.25, -0.2) is 8.42 Å². The van der Waals surface area contributed by atoms with Gasteiger partial charge in [-0.3, -0.25) is 9.10 Å². The minimum atomic E-state index is -3.59. The molecule has 0 saturated carbocycles. The molecule has 0 aliphatic heterocycles. The van der Waals surface area contributed by atoms with Crippen LogP contribution in [0.2, 0.25) is 10.0 Å². The number of anilines is 1. The van der Waals surface area contributed by atoms with Gasteiger partial charge < -0.3 is 10.1 Å². The number of hydrogen-bond acceptors (Lipinski definition) is 4. The van der Waals surface area contributed by atoms with Gasteiger partial charge in [-0.05, 0) is 60.5 Å². The van der Waals surface area contributed by atoms with E-state index in [1.165, 1.54) is 22.5 Å². The molecule has 0 unspecified atom stereocenters. The quantitative estimate of drug-likeness (QED) is 0.427. The predicted molar refractivity (Wildman–Crippen MR) is 133 cm³/mol. The Labute approximate surface area is 204 Å². The molecular weight excluding hydrogens is 483 g/mol. The summed E-state index contributed by atoms with van der Waals surface area (Å²) in [5.41, 5.74) is 2.50. The number of carbonyl (C=O) groups is 1. The van der Waals surface area contributed by atoms with E-state index in [1.807, 2.05) is 31.2 Å². The van der Waals surface area contributed by atoms with Crippen LogP contribution in [0, 0.1) is 0 Å². The summed E-state index contributed by atoms with van der Waals surface area (Å²) < 4.78 is 31.4. The Bertz CT molecular complexity index is 1190. The maximum Gasteiger partial charge on any atom is 0.251 e. The van der Waals surface area contributed by atoms with E-state index in [9.17, 15) is 13.2 Å². The average molecular weight is 507 g/mol. The summed E-state index contributed by atoms with van der Waals surface area (Å²) in [7, 11) is -3.59. The third-order valence-corrected chi connectivity index (χ3v) is 6.34. The Hall–Kier alpha value is -2.74. The summed E-state index contributed by atoms with van der Waals surface area (Å²) in [6, 6.07) is 18.9. The highest BCUT2D eigenvalue weighted by molar-refractivity contribution is 7.92. The van der Waals surface area contributed by atoms with Crippen LogP contribution in [-0.4, -0.2) is 27.2 Å². The van der Waals surface area contributed by atoms with Gasteiger partial charge in [-0.2, -0.15) is 0 Å². The maximum atomic E-state index is 12.5. The molecule has 0 aromatic heterocycles. The van der Waals surface area contributed by atoms with Crippen molar-refractivity contribution in [2.75, 3.05) is 17.2 Å². The first-order chi connectivity index (χ1) is 15.7. The zero-order valence-corrected chi connectivity index (χ0v) is 20.5. The van der Waals surface area contributed by atoms with Gasteiger partial charge in [0.15, 0.2) is 0 Å². The van der Waals surface area contributed by atoms with Gasteiger partial charge in [0.05, 0.1) is 25.1 Å². The third kappa shape index (κ3) is 7.12. The van der Waals surface area contributed by atoms with E-state index in [-0.39, 0.29) is 12.5 Å². The molecule has 1 amide bonds. The van der Waals surface area contributed by atoms with Gasteiger partial charge in [-0.15, -0.1) is 0 Å². The normalized spacial score (nSPS) is 11.2. The number of halogens is 2. The smallest absolute Gasteiger partial charge is 0.251 e. The molecule has 174 valence electrons. The number of ether oxygens (including phenoxy) is 1. The van der Waals surface area contributed by atoms with Crippen molar-refractivity contribution in [2.45, 2.75) is 20.0 Å². The van der Waals surface area contributed by atoms with Gasteiger partial charge >= 0.3 is 0 Å². The van der Waals surface area contributed by atoms with Crippen LogP contribution < -0.4 is 14.4 Å². The second-order valence-electron chi connectivity index (χ2n) is 7.35.